The van der Waals surface area contributed by atoms with Gasteiger partial charge in [0, 0.05) is 12.5 Å². The molecular formula is C9H17NO2. The van der Waals surface area contributed by atoms with Gasteiger partial charge in [0.05, 0.1) is 12.6 Å². The third-order valence-electron chi connectivity index (χ3n) is 2.38. The minimum Gasteiger partial charge on any atom is -0.381 e. The van der Waals surface area contributed by atoms with E-state index in [0.29, 0.717) is 13.2 Å². The van der Waals surface area contributed by atoms with E-state index in [1.807, 2.05) is 13.8 Å². The van der Waals surface area contributed by atoms with E-state index in [-0.39, 0.29) is 23.7 Å². The molecule has 1 saturated heterocycles. The van der Waals surface area contributed by atoms with E-state index in [2.05, 4.69) is 0 Å². The third-order valence-corrected chi connectivity index (χ3v) is 2.38. The molecule has 0 aromatic heterocycles. The van der Waals surface area contributed by atoms with Crippen molar-refractivity contribution in [2.75, 3.05) is 13.2 Å². The molecule has 3 nitrogen and oxygen atoms in total. The highest BCUT2D eigenvalue weighted by molar-refractivity contribution is 5.86. The van der Waals surface area contributed by atoms with Gasteiger partial charge in [0.2, 0.25) is 0 Å². The summed E-state index contributed by atoms with van der Waals surface area (Å²) in [5.74, 6) is 0.461. The van der Waals surface area contributed by atoms with Crippen molar-refractivity contribution in [3.8, 4) is 0 Å². The maximum atomic E-state index is 11.6. The van der Waals surface area contributed by atoms with Gasteiger partial charge in [-0.1, -0.05) is 13.8 Å². The average molecular weight is 171 g/mol. The van der Waals surface area contributed by atoms with Crippen molar-refractivity contribution in [3.05, 3.63) is 0 Å². The van der Waals surface area contributed by atoms with Crippen LogP contribution >= 0.6 is 0 Å². The number of ether oxygens (including phenoxy) is 1. The SMILES string of the molecule is CC(C)C(N)C(=O)C1CCOC1. The van der Waals surface area contributed by atoms with Gasteiger partial charge in [-0.05, 0) is 12.3 Å². The number of carbonyl (C=O) groups excluding carboxylic acids is 1. The first-order valence-electron chi connectivity index (χ1n) is 4.50. The number of hydrogen-bond donors (Lipinski definition) is 1. The fraction of sp³-hybridized carbons (Fsp3) is 0.889. The monoisotopic (exact) mass is 171 g/mol. The van der Waals surface area contributed by atoms with Gasteiger partial charge >= 0.3 is 0 Å². The van der Waals surface area contributed by atoms with Crippen LogP contribution in [0.4, 0.5) is 0 Å². The lowest BCUT2D eigenvalue weighted by molar-refractivity contribution is -0.125. The molecular weight excluding hydrogens is 154 g/mol. The highest BCUT2D eigenvalue weighted by atomic mass is 16.5. The lowest BCUT2D eigenvalue weighted by Gasteiger charge is -2.17. The maximum Gasteiger partial charge on any atom is 0.155 e. The van der Waals surface area contributed by atoms with Crippen LogP contribution in [0.3, 0.4) is 0 Å². The number of nitrogens with two attached hydrogens (primary N) is 1. The third kappa shape index (κ3) is 2.05. The molecule has 0 aromatic rings. The molecule has 0 radical (unpaired) electrons. The first-order chi connectivity index (χ1) is 5.63. The topological polar surface area (TPSA) is 52.3 Å². The van der Waals surface area contributed by atoms with Crippen LogP contribution in [-0.4, -0.2) is 25.0 Å². The van der Waals surface area contributed by atoms with E-state index in [0.717, 1.165) is 6.42 Å². The molecule has 0 amide bonds. The fourth-order valence-corrected chi connectivity index (χ4v) is 1.36. The van der Waals surface area contributed by atoms with Crippen LogP contribution in [0, 0.1) is 11.8 Å². The molecule has 2 atom stereocenters. The Bertz CT molecular complexity index is 158. The Morgan fingerprint density at radius 1 is 1.58 bits per heavy atom. The van der Waals surface area contributed by atoms with Crippen LogP contribution in [0.5, 0.6) is 0 Å². The Kier molecular flexibility index (Phi) is 3.23. The van der Waals surface area contributed by atoms with E-state index in [4.69, 9.17) is 10.5 Å². The van der Waals surface area contributed by atoms with Crippen molar-refractivity contribution in [3.63, 3.8) is 0 Å². The van der Waals surface area contributed by atoms with E-state index in [1.165, 1.54) is 0 Å². The van der Waals surface area contributed by atoms with Crippen LogP contribution in [0.15, 0.2) is 0 Å². The van der Waals surface area contributed by atoms with Crippen molar-refractivity contribution in [2.45, 2.75) is 26.3 Å². The summed E-state index contributed by atoms with van der Waals surface area (Å²) in [4.78, 5) is 11.6. The zero-order valence-corrected chi connectivity index (χ0v) is 7.75. The molecule has 70 valence electrons. The summed E-state index contributed by atoms with van der Waals surface area (Å²) in [7, 11) is 0. The van der Waals surface area contributed by atoms with Crippen molar-refractivity contribution in [1.29, 1.82) is 0 Å². The molecule has 0 aliphatic carbocycles. The van der Waals surface area contributed by atoms with Crippen LogP contribution in [0.2, 0.25) is 0 Å². The molecule has 0 saturated carbocycles. The highest BCUT2D eigenvalue weighted by Crippen LogP contribution is 2.16. The normalized spacial score (nSPS) is 26.2. The van der Waals surface area contributed by atoms with Gasteiger partial charge in [-0.2, -0.15) is 0 Å². The Balaban J connectivity index is 2.45. The van der Waals surface area contributed by atoms with Gasteiger partial charge in [-0.3, -0.25) is 4.79 Å². The summed E-state index contributed by atoms with van der Waals surface area (Å²) in [6, 6.07) is -0.309. The zero-order chi connectivity index (χ0) is 9.14. The summed E-state index contributed by atoms with van der Waals surface area (Å²) < 4.78 is 5.13. The van der Waals surface area contributed by atoms with Gasteiger partial charge in [0.25, 0.3) is 0 Å². The number of carbonyl (C=O) groups is 1. The van der Waals surface area contributed by atoms with Crippen molar-refractivity contribution in [1.82, 2.24) is 0 Å². The molecule has 2 N–H and O–H groups in total. The largest absolute Gasteiger partial charge is 0.381 e. The Labute approximate surface area is 73.3 Å². The van der Waals surface area contributed by atoms with Gasteiger partial charge in [0.1, 0.15) is 0 Å². The average Bonchev–Trinajstić information content (AvgIpc) is 2.53. The molecule has 1 fully saturated rings. The Morgan fingerprint density at radius 3 is 2.67 bits per heavy atom. The molecule has 3 heteroatoms. The van der Waals surface area contributed by atoms with Crippen molar-refractivity contribution >= 4 is 5.78 Å². The minimum atomic E-state index is -0.309. The molecule has 2 unspecified atom stereocenters. The lowest BCUT2D eigenvalue weighted by Crippen LogP contribution is -2.39. The van der Waals surface area contributed by atoms with E-state index >= 15 is 0 Å². The van der Waals surface area contributed by atoms with Gasteiger partial charge < -0.3 is 10.5 Å². The predicted octanol–water partition coefficient (Wildman–Crippen LogP) is 0.575. The molecule has 12 heavy (non-hydrogen) atoms. The Hall–Kier alpha value is -0.410. The second-order valence-corrected chi connectivity index (χ2v) is 3.73. The zero-order valence-electron chi connectivity index (χ0n) is 7.75. The van der Waals surface area contributed by atoms with E-state index < -0.39 is 0 Å². The molecule has 1 heterocycles. The summed E-state index contributed by atoms with van der Waals surface area (Å²) >= 11 is 0. The van der Waals surface area contributed by atoms with Crippen molar-refractivity contribution in [2.24, 2.45) is 17.6 Å². The second-order valence-electron chi connectivity index (χ2n) is 3.73. The minimum absolute atomic E-state index is 0.0578. The van der Waals surface area contributed by atoms with Crippen LogP contribution in [0.25, 0.3) is 0 Å². The summed E-state index contributed by atoms with van der Waals surface area (Å²) in [6.45, 7) is 5.22. The number of ketones is 1. The highest BCUT2D eigenvalue weighted by Gasteiger charge is 2.29. The number of Topliss-reactive ketones (excluding diaryl/α,β-unsaturated/α-hetero) is 1. The molecule has 0 aromatic carbocycles. The quantitative estimate of drug-likeness (QED) is 0.675. The molecule has 1 aliphatic heterocycles. The van der Waals surface area contributed by atoms with Gasteiger partial charge in [0.15, 0.2) is 5.78 Å². The van der Waals surface area contributed by atoms with Gasteiger partial charge in [-0.15, -0.1) is 0 Å². The number of hydrogen-bond acceptors (Lipinski definition) is 3. The molecule has 0 bridgehead atoms. The van der Waals surface area contributed by atoms with Crippen LogP contribution in [-0.2, 0) is 9.53 Å². The summed E-state index contributed by atoms with van der Waals surface area (Å²) in [5.41, 5.74) is 5.73. The number of rotatable bonds is 3. The first-order valence-corrected chi connectivity index (χ1v) is 4.50. The second kappa shape index (κ2) is 4.01. The molecule has 1 aliphatic rings. The standard InChI is InChI=1S/C9H17NO2/c1-6(2)8(10)9(11)7-3-4-12-5-7/h6-8H,3-5,10H2,1-2H3. The maximum absolute atomic E-state index is 11.6. The van der Waals surface area contributed by atoms with Crippen LogP contribution < -0.4 is 5.73 Å². The van der Waals surface area contributed by atoms with E-state index in [9.17, 15) is 4.79 Å². The summed E-state index contributed by atoms with van der Waals surface area (Å²) in [5, 5.41) is 0. The first kappa shape index (κ1) is 9.68. The molecule has 1 rings (SSSR count). The summed E-state index contributed by atoms with van der Waals surface area (Å²) in [6.07, 6.45) is 0.846. The van der Waals surface area contributed by atoms with E-state index in [1.54, 1.807) is 0 Å². The lowest BCUT2D eigenvalue weighted by atomic mass is 9.91. The molecule has 0 spiro atoms. The smallest absolute Gasteiger partial charge is 0.155 e. The predicted molar refractivity (Wildman–Crippen MR) is 46.7 cm³/mol. The van der Waals surface area contributed by atoms with Gasteiger partial charge in [-0.25, -0.2) is 0 Å². The van der Waals surface area contributed by atoms with Crippen LogP contribution in [0.1, 0.15) is 20.3 Å². The van der Waals surface area contributed by atoms with Crippen molar-refractivity contribution < 1.29 is 9.53 Å². The fourth-order valence-electron chi connectivity index (χ4n) is 1.36. The Morgan fingerprint density at radius 2 is 2.25 bits per heavy atom.